The molecule has 0 bridgehead atoms. The van der Waals surface area contributed by atoms with Crippen LogP contribution in [-0.4, -0.2) is 18.6 Å². The summed E-state index contributed by atoms with van der Waals surface area (Å²) < 4.78 is 11.0. The molecule has 0 heterocycles. The number of hydrogen-bond acceptors (Lipinski definition) is 4. The van der Waals surface area contributed by atoms with Gasteiger partial charge in [-0.3, -0.25) is 4.79 Å². The van der Waals surface area contributed by atoms with Gasteiger partial charge in [-0.15, -0.1) is 0 Å². The van der Waals surface area contributed by atoms with Crippen LogP contribution < -0.4 is 14.8 Å². The fourth-order valence-electron chi connectivity index (χ4n) is 2.03. The van der Waals surface area contributed by atoms with Crippen LogP contribution >= 0.6 is 23.2 Å². The van der Waals surface area contributed by atoms with Crippen molar-refractivity contribution >= 4 is 34.8 Å². The molecule has 2 rings (SSSR count). The first-order valence-corrected chi connectivity index (χ1v) is 8.30. The molecule has 25 heavy (non-hydrogen) atoms. The lowest BCUT2D eigenvalue weighted by Gasteiger charge is -2.17. The van der Waals surface area contributed by atoms with Crippen molar-refractivity contribution in [2.75, 3.05) is 11.9 Å². The minimum Gasteiger partial charge on any atom is -0.492 e. The fraction of sp³-hybridized carbons (Fsp3) is 0.222. The van der Waals surface area contributed by atoms with Gasteiger partial charge in [0, 0.05) is 0 Å². The standard InChI is InChI=1S/C18H16Cl2N2O3/c1-3-24-15-8-7-12(10-21)9-14(15)22-18(23)11(2)25-16-6-4-5-13(19)17(16)20/h4-9,11H,3H2,1-2H3,(H,22,23). The predicted molar refractivity (Wildman–Crippen MR) is 97.5 cm³/mol. The van der Waals surface area contributed by atoms with Crippen LogP contribution in [0.1, 0.15) is 19.4 Å². The summed E-state index contributed by atoms with van der Waals surface area (Å²) >= 11 is 12.0. The molecular weight excluding hydrogens is 363 g/mol. The van der Waals surface area contributed by atoms with Gasteiger partial charge >= 0.3 is 0 Å². The third-order valence-corrected chi connectivity index (χ3v) is 4.06. The Morgan fingerprint density at radius 2 is 2.04 bits per heavy atom. The van der Waals surface area contributed by atoms with Crippen molar-refractivity contribution < 1.29 is 14.3 Å². The lowest BCUT2D eigenvalue weighted by molar-refractivity contribution is -0.122. The Labute approximate surface area is 156 Å². The van der Waals surface area contributed by atoms with Crippen LogP contribution in [0.2, 0.25) is 10.0 Å². The van der Waals surface area contributed by atoms with E-state index in [1.165, 1.54) is 0 Å². The third kappa shape index (κ3) is 4.79. The fourth-order valence-corrected chi connectivity index (χ4v) is 2.37. The minimum atomic E-state index is -0.837. The van der Waals surface area contributed by atoms with E-state index in [-0.39, 0.29) is 5.02 Å². The van der Waals surface area contributed by atoms with Crippen molar-refractivity contribution in [3.05, 3.63) is 52.0 Å². The summed E-state index contributed by atoms with van der Waals surface area (Å²) in [6.45, 7) is 3.84. The van der Waals surface area contributed by atoms with Crippen LogP contribution in [-0.2, 0) is 4.79 Å². The summed E-state index contributed by atoms with van der Waals surface area (Å²) in [4.78, 5) is 12.4. The van der Waals surface area contributed by atoms with E-state index in [0.717, 1.165) is 0 Å². The van der Waals surface area contributed by atoms with Gasteiger partial charge in [0.2, 0.25) is 0 Å². The van der Waals surface area contributed by atoms with Gasteiger partial charge in [-0.2, -0.15) is 5.26 Å². The van der Waals surface area contributed by atoms with Gasteiger partial charge in [-0.25, -0.2) is 0 Å². The molecule has 1 unspecified atom stereocenters. The zero-order valence-electron chi connectivity index (χ0n) is 13.7. The number of amides is 1. The van der Waals surface area contributed by atoms with Gasteiger partial charge in [0.05, 0.1) is 28.9 Å². The van der Waals surface area contributed by atoms with E-state index in [2.05, 4.69) is 5.32 Å². The molecule has 2 aromatic rings. The summed E-state index contributed by atoms with van der Waals surface area (Å²) in [6.07, 6.45) is -0.837. The predicted octanol–water partition coefficient (Wildman–Crippen LogP) is 4.67. The maximum atomic E-state index is 12.4. The Hall–Kier alpha value is -2.42. The topological polar surface area (TPSA) is 71.3 Å². The Morgan fingerprint density at radius 3 is 2.72 bits per heavy atom. The Bertz CT molecular complexity index is 818. The average molecular weight is 379 g/mol. The Kier molecular flexibility index (Phi) is 6.51. The van der Waals surface area contributed by atoms with Crippen LogP contribution in [0.25, 0.3) is 0 Å². The lowest BCUT2D eigenvalue weighted by Crippen LogP contribution is -2.30. The number of carbonyl (C=O) groups excluding carboxylic acids is 1. The van der Waals surface area contributed by atoms with Gasteiger partial charge in [-0.1, -0.05) is 29.3 Å². The molecule has 0 aliphatic carbocycles. The van der Waals surface area contributed by atoms with Crippen LogP contribution in [0, 0.1) is 11.3 Å². The highest BCUT2D eigenvalue weighted by atomic mass is 35.5. The number of ether oxygens (including phenoxy) is 2. The summed E-state index contributed by atoms with van der Waals surface area (Å²) in [6, 6.07) is 11.8. The zero-order chi connectivity index (χ0) is 18.4. The maximum Gasteiger partial charge on any atom is 0.265 e. The number of halogens is 2. The molecule has 0 spiro atoms. The number of anilines is 1. The molecule has 1 N–H and O–H groups in total. The number of rotatable bonds is 6. The van der Waals surface area contributed by atoms with Crippen molar-refractivity contribution in [2.45, 2.75) is 20.0 Å². The van der Waals surface area contributed by atoms with Crippen LogP contribution in [0.15, 0.2) is 36.4 Å². The summed E-state index contributed by atoms with van der Waals surface area (Å²) in [7, 11) is 0. The first-order chi connectivity index (χ1) is 12.0. The molecule has 1 amide bonds. The minimum absolute atomic E-state index is 0.241. The zero-order valence-corrected chi connectivity index (χ0v) is 15.2. The van der Waals surface area contributed by atoms with Crippen molar-refractivity contribution in [3.8, 4) is 17.6 Å². The van der Waals surface area contributed by atoms with Crippen molar-refractivity contribution in [1.82, 2.24) is 0 Å². The molecule has 0 aromatic heterocycles. The summed E-state index contributed by atoms with van der Waals surface area (Å²) in [5, 5.41) is 12.3. The van der Waals surface area contributed by atoms with E-state index in [1.807, 2.05) is 13.0 Å². The van der Waals surface area contributed by atoms with Crippen molar-refractivity contribution in [2.24, 2.45) is 0 Å². The summed E-state index contributed by atoms with van der Waals surface area (Å²) in [5.41, 5.74) is 0.809. The van der Waals surface area contributed by atoms with Crippen molar-refractivity contribution in [1.29, 1.82) is 5.26 Å². The second kappa shape index (κ2) is 8.61. The summed E-state index contributed by atoms with van der Waals surface area (Å²) in [5.74, 6) is 0.377. The number of nitriles is 1. The smallest absolute Gasteiger partial charge is 0.265 e. The molecule has 0 saturated carbocycles. The average Bonchev–Trinajstić information content (AvgIpc) is 2.60. The van der Waals surface area contributed by atoms with E-state index in [9.17, 15) is 4.79 Å². The first kappa shape index (κ1) is 18.9. The Balaban J connectivity index is 2.16. The number of carbonyl (C=O) groups is 1. The van der Waals surface area contributed by atoms with Gasteiger partial charge < -0.3 is 14.8 Å². The molecule has 7 heteroatoms. The molecule has 0 aliphatic rings. The Morgan fingerprint density at radius 1 is 1.28 bits per heavy atom. The molecule has 0 radical (unpaired) electrons. The molecule has 1 atom stereocenters. The second-order valence-electron chi connectivity index (χ2n) is 5.06. The molecule has 2 aromatic carbocycles. The SMILES string of the molecule is CCOc1ccc(C#N)cc1NC(=O)C(C)Oc1cccc(Cl)c1Cl. The molecule has 0 fully saturated rings. The second-order valence-corrected chi connectivity index (χ2v) is 5.84. The molecule has 0 saturated heterocycles. The third-order valence-electron chi connectivity index (χ3n) is 3.26. The van der Waals surface area contributed by atoms with Gasteiger partial charge in [0.1, 0.15) is 16.5 Å². The van der Waals surface area contributed by atoms with Gasteiger partial charge in [0.25, 0.3) is 5.91 Å². The maximum absolute atomic E-state index is 12.4. The lowest BCUT2D eigenvalue weighted by atomic mass is 10.2. The number of nitrogens with one attached hydrogen (secondary N) is 1. The van der Waals surface area contributed by atoms with E-state index in [4.69, 9.17) is 37.9 Å². The van der Waals surface area contributed by atoms with Crippen LogP contribution in [0.3, 0.4) is 0 Å². The largest absolute Gasteiger partial charge is 0.492 e. The van der Waals surface area contributed by atoms with Gasteiger partial charge in [-0.05, 0) is 44.2 Å². The highest BCUT2D eigenvalue weighted by Gasteiger charge is 2.19. The molecule has 130 valence electrons. The highest BCUT2D eigenvalue weighted by molar-refractivity contribution is 6.42. The normalized spacial score (nSPS) is 11.3. The van der Waals surface area contributed by atoms with Gasteiger partial charge in [0.15, 0.2) is 6.10 Å². The monoisotopic (exact) mass is 378 g/mol. The van der Waals surface area contributed by atoms with E-state index >= 15 is 0 Å². The highest BCUT2D eigenvalue weighted by Crippen LogP contribution is 2.32. The van der Waals surface area contributed by atoms with E-state index < -0.39 is 12.0 Å². The molecular formula is C18H16Cl2N2O3. The number of benzene rings is 2. The van der Waals surface area contributed by atoms with Crippen molar-refractivity contribution in [3.63, 3.8) is 0 Å². The van der Waals surface area contributed by atoms with E-state index in [0.29, 0.717) is 34.4 Å². The number of nitrogens with zero attached hydrogens (tertiary/aromatic N) is 1. The van der Waals surface area contributed by atoms with E-state index in [1.54, 1.807) is 43.3 Å². The van der Waals surface area contributed by atoms with Crippen LogP contribution in [0.5, 0.6) is 11.5 Å². The quantitative estimate of drug-likeness (QED) is 0.792. The number of hydrogen-bond donors (Lipinski definition) is 1. The first-order valence-electron chi connectivity index (χ1n) is 7.54. The molecule has 5 nitrogen and oxygen atoms in total. The van der Waals surface area contributed by atoms with Crippen LogP contribution in [0.4, 0.5) is 5.69 Å². The molecule has 0 aliphatic heterocycles.